The summed E-state index contributed by atoms with van der Waals surface area (Å²) in [5.41, 5.74) is 5.63. The molecule has 0 radical (unpaired) electrons. The van der Waals surface area contributed by atoms with Gasteiger partial charge in [0.1, 0.15) is 24.7 Å². The molecule has 6 heteroatoms. The van der Waals surface area contributed by atoms with Gasteiger partial charge < -0.3 is 19.9 Å². The van der Waals surface area contributed by atoms with Crippen LogP contribution in [0, 0.1) is 0 Å². The van der Waals surface area contributed by atoms with Crippen LogP contribution in [-0.2, 0) is 24.0 Å². The van der Waals surface area contributed by atoms with Crippen LogP contribution < -0.4 is 9.47 Å². The summed E-state index contributed by atoms with van der Waals surface area (Å²) in [6, 6.07) is 19.9. The van der Waals surface area contributed by atoms with E-state index in [0.29, 0.717) is 24.7 Å². The molecule has 0 amide bonds. The van der Waals surface area contributed by atoms with Gasteiger partial charge in [-0.05, 0) is 63.4 Å². The zero-order valence-electron chi connectivity index (χ0n) is 21.9. The first kappa shape index (κ1) is 26.8. The van der Waals surface area contributed by atoms with E-state index in [4.69, 9.17) is 19.9 Å². The summed E-state index contributed by atoms with van der Waals surface area (Å²) < 4.78 is 12.1. The van der Waals surface area contributed by atoms with Crippen LogP contribution in [0.25, 0.3) is 0 Å². The van der Waals surface area contributed by atoms with E-state index in [2.05, 4.69) is 51.9 Å². The highest BCUT2D eigenvalue weighted by molar-refractivity contribution is 5.84. The molecule has 36 heavy (non-hydrogen) atoms. The molecule has 0 atom stereocenters. The molecule has 0 aliphatic rings. The molecule has 0 heterocycles. The van der Waals surface area contributed by atoms with E-state index in [-0.39, 0.29) is 10.8 Å². The van der Waals surface area contributed by atoms with Crippen LogP contribution in [0.2, 0.25) is 0 Å². The van der Waals surface area contributed by atoms with E-state index in [9.17, 15) is 0 Å². The maximum absolute atomic E-state index is 9.10. The Hall–Kier alpha value is -3.80. The minimum Gasteiger partial charge on any atom is -0.488 e. The SMILES string of the molecule is CC(C)(C)c1ccc(OCc2cccc(COc3ccc(C(C)(C)C)cc3/C=N/O)c2)c(/C=N/O)c1. The molecule has 3 rings (SSSR count). The summed E-state index contributed by atoms with van der Waals surface area (Å²) in [5, 5.41) is 24.6. The molecule has 0 bridgehead atoms. The summed E-state index contributed by atoms with van der Waals surface area (Å²) in [6.45, 7) is 13.5. The van der Waals surface area contributed by atoms with Crippen molar-refractivity contribution in [3.05, 3.63) is 94.0 Å². The average Bonchev–Trinajstić information content (AvgIpc) is 2.82. The zero-order chi connectivity index (χ0) is 26.3. The summed E-state index contributed by atoms with van der Waals surface area (Å²) in [5.74, 6) is 1.30. The number of hydrogen-bond acceptors (Lipinski definition) is 6. The lowest BCUT2D eigenvalue weighted by atomic mass is 9.86. The second-order valence-corrected chi connectivity index (χ2v) is 10.9. The Morgan fingerprint density at radius 2 is 1.06 bits per heavy atom. The van der Waals surface area contributed by atoms with Gasteiger partial charge in [-0.1, -0.05) is 82.2 Å². The number of benzene rings is 3. The molecule has 0 unspecified atom stereocenters. The fourth-order valence-electron chi connectivity index (χ4n) is 3.75. The molecule has 0 aromatic heterocycles. The molecular formula is C30H36N2O4. The highest BCUT2D eigenvalue weighted by Crippen LogP contribution is 2.29. The second-order valence-electron chi connectivity index (χ2n) is 10.9. The summed E-state index contributed by atoms with van der Waals surface area (Å²) in [6.07, 6.45) is 2.79. The first-order valence-electron chi connectivity index (χ1n) is 12.0. The van der Waals surface area contributed by atoms with Gasteiger partial charge in [0, 0.05) is 11.1 Å². The number of ether oxygens (including phenoxy) is 2. The third kappa shape index (κ3) is 7.11. The van der Waals surface area contributed by atoms with Crippen LogP contribution in [0.1, 0.15) is 74.9 Å². The predicted molar refractivity (Wildman–Crippen MR) is 144 cm³/mol. The number of hydrogen-bond donors (Lipinski definition) is 2. The van der Waals surface area contributed by atoms with Gasteiger partial charge in [-0.2, -0.15) is 0 Å². The third-order valence-electron chi connectivity index (χ3n) is 5.93. The smallest absolute Gasteiger partial charge is 0.128 e. The van der Waals surface area contributed by atoms with Gasteiger partial charge in [0.2, 0.25) is 0 Å². The Labute approximate surface area is 213 Å². The van der Waals surface area contributed by atoms with Crippen molar-refractivity contribution in [2.75, 3.05) is 0 Å². The quantitative estimate of drug-likeness (QED) is 0.202. The van der Waals surface area contributed by atoms with Crippen LogP contribution in [0.3, 0.4) is 0 Å². The van der Waals surface area contributed by atoms with E-state index in [1.807, 2.05) is 60.7 Å². The Morgan fingerprint density at radius 3 is 1.42 bits per heavy atom. The minimum absolute atomic E-state index is 0.0269. The lowest BCUT2D eigenvalue weighted by molar-refractivity contribution is 0.298. The molecule has 190 valence electrons. The average molecular weight is 489 g/mol. The van der Waals surface area contributed by atoms with Gasteiger partial charge in [0.25, 0.3) is 0 Å². The predicted octanol–water partition coefficient (Wildman–Crippen LogP) is 7.06. The summed E-state index contributed by atoms with van der Waals surface area (Å²) in [7, 11) is 0. The van der Waals surface area contributed by atoms with Gasteiger partial charge in [-0.3, -0.25) is 0 Å². The lowest BCUT2D eigenvalue weighted by Crippen LogP contribution is -2.12. The topological polar surface area (TPSA) is 83.6 Å². The molecular weight excluding hydrogens is 452 g/mol. The fraction of sp³-hybridized carbons (Fsp3) is 0.333. The van der Waals surface area contributed by atoms with Crippen molar-refractivity contribution >= 4 is 12.4 Å². The first-order chi connectivity index (χ1) is 17.0. The molecule has 3 aromatic rings. The van der Waals surface area contributed by atoms with Crippen molar-refractivity contribution < 1.29 is 19.9 Å². The third-order valence-corrected chi connectivity index (χ3v) is 5.93. The first-order valence-corrected chi connectivity index (χ1v) is 12.0. The lowest BCUT2D eigenvalue weighted by Gasteiger charge is -2.21. The van der Waals surface area contributed by atoms with Crippen molar-refractivity contribution in [1.29, 1.82) is 0 Å². The second kappa shape index (κ2) is 11.3. The summed E-state index contributed by atoms with van der Waals surface area (Å²) >= 11 is 0. The van der Waals surface area contributed by atoms with E-state index in [1.165, 1.54) is 12.4 Å². The largest absolute Gasteiger partial charge is 0.488 e. The van der Waals surface area contributed by atoms with E-state index in [0.717, 1.165) is 33.4 Å². The molecule has 2 N–H and O–H groups in total. The van der Waals surface area contributed by atoms with Gasteiger partial charge in [0.05, 0.1) is 12.4 Å². The van der Waals surface area contributed by atoms with Crippen LogP contribution >= 0.6 is 0 Å². The van der Waals surface area contributed by atoms with E-state index < -0.39 is 0 Å². The fourth-order valence-corrected chi connectivity index (χ4v) is 3.75. The molecule has 0 saturated heterocycles. The maximum atomic E-state index is 9.10. The van der Waals surface area contributed by atoms with Gasteiger partial charge in [0.15, 0.2) is 0 Å². The summed E-state index contributed by atoms with van der Waals surface area (Å²) in [4.78, 5) is 0. The standard InChI is InChI=1S/C30H36N2O4/c1-29(2,3)25-10-12-27(23(15-25)17-31-33)35-19-21-8-7-9-22(14-21)20-36-28-13-11-26(30(4,5)6)16-24(28)18-32-34/h7-18,33-34H,19-20H2,1-6H3/b31-17+,32-18+. The van der Waals surface area contributed by atoms with Crippen LogP contribution in [0.5, 0.6) is 11.5 Å². The molecule has 6 nitrogen and oxygen atoms in total. The van der Waals surface area contributed by atoms with E-state index >= 15 is 0 Å². The maximum Gasteiger partial charge on any atom is 0.128 e. The van der Waals surface area contributed by atoms with Crippen LogP contribution in [0.15, 0.2) is 71.0 Å². The Bertz CT molecular complexity index is 1140. The number of oxime groups is 2. The monoisotopic (exact) mass is 488 g/mol. The van der Waals surface area contributed by atoms with Gasteiger partial charge in [-0.25, -0.2) is 0 Å². The number of nitrogens with zero attached hydrogens (tertiary/aromatic N) is 2. The Balaban J connectivity index is 1.72. The van der Waals surface area contributed by atoms with Crippen molar-refractivity contribution in [2.24, 2.45) is 10.3 Å². The van der Waals surface area contributed by atoms with Crippen LogP contribution in [-0.4, -0.2) is 22.8 Å². The molecule has 0 saturated carbocycles. The molecule has 0 aliphatic heterocycles. The van der Waals surface area contributed by atoms with Crippen molar-refractivity contribution in [3.63, 3.8) is 0 Å². The van der Waals surface area contributed by atoms with Crippen molar-refractivity contribution in [1.82, 2.24) is 0 Å². The highest BCUT2D eigenvalue weighted by Gasteiger charge is 2.17. The van der Waals surface area contributed by atoms with E-state index in [1.54, 1.807) is 0 Å². The van der Waals surface area contributed by atoms with Crippen molar-refractivity contribution in [2.45, 2.75) is 65.6 Å². The molecule has 0 fully saturated rings. The van der Waals surface area contributed by atoms with Crippen molar-refractivity contribution in [3.8, 4) is 11.5 Å². The minimum atomic E-state index is -0.0269. The Kier molecular flexibility index (Phi) is 8.41. The molecule has 0 aliphatic carbocycles. The highest BCUT2D eigenvalue weighted by atomic mass is 16.5. The van der Waals surface area contributed by atoms with Gasteiger partial charge >= 0.3 is 0 Å². The van der Waals surface area contributed by atoms with Gasteiger partial charge in [-0.15, -0.1) is 0 Å². The molecule has 0 spiro atoms. The molecule has 3 aromatic carbocycles. The number of rotatable bonds is 8. The Morgan fingerprint density at radius 1 is 0.639 bits per heavy atom. The van der Waals surface area contributed by atoms with Crippen LogP contribution in [0.4, 0.5) is 0 Å². The zero-order valence-corrected chi connectivity index (χ0v) is 21.9. The normalized spacial score (nSPS) is 12.4.